The van der Waals surface area contributed by atoms with Gasteiger partial charge in [-0.25, -0.2) is 0 Å². The summed E-state index contributed by atoms with van der Waals surface area (Å²) < 4.78 is 28.3. The van der Waals surface area contributed by atoms with Gasteiger partial charge in [-0.2, -0.15) is 0 Å². The van der Waals surface area contributed by atoms with Crippen LogP contribution >= 0.6 is 0 Å². The van der Waals surface area contributed by atoms with Gasteiger partial charge in [0.05, 0.1) is 46.8 Å². The maximum atomic E-state index is 10.3. The topological polar surface area (TPSA) is 86.6 Å². The average Bonchev–Trinajstić information content (AvgIpc) is 3.36. The largest absolute Gasteiger partial charge is 0.504 e. The predicted octanol–water partition coefficient (Wildman–Crippen LogP) is 3.76. The lowest BCUT2D eigenvalue weighted by molar-refractivity contribution is 0.0190. The van der Waals surface area contributed by atoms with E-state index in [1.807, 2.05) is 19.1 Å². The van der Waals surface area contributed by atoms with E-state index in [0.717, 1.165) is 16.7 Å². The molecule has 0 saturated carbocycles. The minimum absolute atomic E-state index is 0.0258. The Balaban J connectivity index is 1.63. The Morgan fingerprint density at radius 2 is 1.20 bits per heavy atom. The van der Waals surface area contributed by atoms with Crippen molar-refractivity contribution in [1.82, 2.24) is 0 Å². The lowest BCUT2D eigenvalue weighted by Crippen LogP contribution is -2.15. The van der Waals surface area contributed by atoms with Crippen LogP contribution in [0.25, 0.3) is 0 Å². The summed E-state index contributed by atoms with van der Waals surface area (Å²) in [5, 5.41) is 20.5. The van der Waals surface area contributed by atoms with Crippen LogP contribution in [-0.2, 0) is 15.9 Å². The second-order valence-electron chi connectivity index (χ2n) is 7.69. The quantitative estimate of drug-likeness (QED) is 0.741. The number of hydrogen-bond acceptors (Lipinski definition) is 7. The van der Waals surface area contributed by atoms with Crippen molar-refractivity contribution in [3.8, 4) is 28.7 Å². The van der Waals surface area contributed by atoms with Crippen LogP contribution in [0, 0.1) is 11.8 Å². The molecule has 30 heavy (non-hydrogen) atoms. The number of aryl methyl sites for hydroxylation is 1. The highest BCUT2D eigenvalue weighted by Gasteiger charge is 2.48. The molecule has 2 saturated heterocycles. The minimum Gasteiger partial charge on any atom is -0.504 e. The predicted molar refractivity (Wildman–Crippen MR) is 110 cm³/mol. The number of phenols is 2. The number of hydrogen-bond donors (Lipinski definition) is 2. The molecule has 0 spiro atoms. The molecule has 7 nitrogen and oxygen atoms in total. The first-order valence-corrected chi connectivity index (χ1v) is 10.1. The number of rotatable bonds is 6. The van der Waals surface area contributed by atoms with E-state index in [1.54, 1.807) is 19.2 Å². The number of phenolic OH excluding ortho intramolecular Hbond substituents is 2. The third kappa shape index (κ3) is 3.32. The highest BCUT2D eigenvalue weighted by atomic mass is 16.5. The Morgan fingerprint density at radius 1 is 0.767 bits per heavy atom. The van der Waals surface area contributed by atoms with Gasteiger partial charge in [-0.1, -0.05) is 6.92 Å². The lowest BCUT2D eigenvalue weighted by Gasteiger charge is -2.19. The summed E-state index contributed by atoms with van der Waals surface area (Å²) in [7, 11) is 4.57. The molecule has 7 heteroatoms. The van der Waals surface area contributed by atoms with Crippen molar-refractivity contribution in [1.29, 1.82) is 0 Å². The van der Waals surface area contributed by atoms with Crippen molar-refractivity contribution in [3.05, 3.63) is 41.0 Å². The average molecular weight is 416 g/mol. The molecule has 4 unspecified atom stereocenters. The van der Waals surface area contributed by atoms with Crippen molar-refractivity contribution in [2.45, 2.75) is 25.6 Å². The second kappa shape index (κ2) is 8.24. The fourth-order valence-electron chi connectivity index (χ4n) is 4.59. The van der Waals surface area contributed by atoms with Gasteiger partial charge in [0.25, 0.3) is 0 Å². The molecular weight excluding hydrogens is 388 g/mol. The summed E-state index contributed by atoms with van der Waals surface area (Å²) in [6, 6.07) is 7.42. The van der Waals surface area contributed by atoms with E-state index < -0.39 is 0 Å². The van der Waals surface area contributed by atoms with Crippen molar-refractivity contribution in [2.24, 2.45) is 11.8 Å². The molecule has 4 rings (SSSR count). The van der Waals surface area contributed by atoms with E-state index in [1.165, 1.54) is 14.2 Å². The van der Waals surface area contributed by atoms with Crippen LogP contribution in [0.1, 0.15) is 35.8 Å². The molecule has 2 N–H and O–H groups in total. The number of benzene rings is 2. The smallest absolute Gasteiger partial charge is 0.200 e. The first-order chi connectivity index (χ1) is 14.5. The van der Waals surface area contributed by atoms with Crippen LogP contribution in [0.2, 0.25) is 0 Å². The molecular formula is C23H28O7. The van der Waals surface area contributed by atoms with Gasteiger partial charge in [0.2, 0.25) is 5.75 Å². The molecule has 162 valence electrons. The maximum absolute atomic E-state index is 10.3. The summed E-state index contributed by atoms with van der Waals surface area (Å²) >= 11 is 0. The minimum atomic E-state index is -0.187. The molecule has 0 amide bonds. The van der Waals surface area contributed by atoms with Crippen LogP contribution in [0.5, 0.6) is 28.7 Å². The standard InChI is InChI=1S/C23H28O7/c1-5-12-6-13(7-17(26-2)20(12)24)22-15-10-30-23(16(15)11-29-22)14-8-18(27-3)21(25)19(9-14)28-4/h6-9,15-16,22-25H,5,10-11H2,1-4H3. The van der Waals surface area contributed by atoms with Crippen LogP contribution in [0.15, 0.2) is 24.3 Å². The molecule has 0 bridgehead atoms. The molecule has 2 aliphatic heterocycles. The molecule has 0 aliphatic carbocycles. The van der Waals surface area contributed by atoms with E-state index in [9.17, 15) is 10.2 Å². The third-order valence-electron chi connectivity index (χ3n) is 6.20. The number of ether oxygens (including phenoxy) is 5. The molecule has 4 atom stereocenters. The molecule has 0 aromatic heterocycles. The molecule has 0 radical (unpaired) electrons. The van der Waals surface area contributed by atoms with Crippen LogP contribution < -0.4 is 14.2 Å². The van der Waals surface area contributed by atoms with Crippen LogP contribution in [0.3, 0.4) is 0 Å². The van der Waals surface area contributed by atoms with Crippen LogP contribution in [0.4, 0.5) is 0 Å². The van der Waals surface area contributed by atoms with E-state index in [4.69, 9.17) is 23.7 Å². The van der Waals surface area contributed by atoms with Gasteiger partial charge in [0, 0.05) is 11.8 Å². The summed E-state index contributed by atoms with van der Waals surface area (Å²) in [6.07, 6.45) is 0.372. The maximum Gasteiger partial charge on any atom is 0.200 e. The zero-order valence-corrected chi connectivity index (χ0v) is 17.7. The van der Waals surface area contributed by atoms with Gasteiger partial charge in [-0.15, -0.1) is 0 Å². The normalized spacial score (nSPS) is 25.2. The summed E-state index contributed by atoms with van der Waals surface area (Å²) in [5.74, 6) is 1.63. The lowest BCUT2D eigenvalue weighted by atomic mass is 9.84. The van der Waals surface area contributed by atoms with E-state index in [0.29, 0.717) is 36.9 Å². The van der Waals surface area contributed by atoms with E-state index in [2.05, 4.69) is 0 Å². The summed E-state index contributed by atoms with van der Waals surface area (Å²) in [5.41, 5.74) is 2.70. The number of aromatic hydroxyl groups is 2. The monoisotopic (exact) mass is 416 g/mol. The van der Waals surface area contributed by atoms with Gasteiger partial charge in [0.1, 0.15) is 0 Å². The molecule has 2 fully saturated rings. The van der Waals surface area contributed by atoms with Crippen molar-refractivity contribution in [3.63, 3.8) is 0 Å². The zero-order valence-electron chi connectivity index (χ0n) is 17.7. The van der Waals surface area contributed by atoms with Crippen molar-refractivity contribution < 1.29 is 33.9 Å². The van der Waals surface area contributed by atoms with Gasteiger partial charge >= 0.3 is 0 Å². The molecule has 2 heterocycles. The van der Waals surface area contributed by atoms with Gasteiger partial charge in [0.15, 0.2) is 23.0 Å². The van der Waals surface area contributed by atoms with Gasteiger partial charge < -0.3 is 33.9 Å². The summed E-state index contributed by atoms with van der Waals surface area (Å²) in [6.45, 7) is 3.10. The second-order valence-corrected chi connectivity index (χ2v) is 7.69. The highest BCUT2D eigenvalue weighted by molar-refractivity contribution is 5.53. The highest BCUT2D eigenvalue weighted by Crippen LogP contribution is 2.52. The third-order valence-corrected chi connectivity index (χ3v) is 6.20. The fraction of sp³-hybridized carbons (Fsp3) is 0.478. The fourth-order valence-corrected chi connectivity index (χ4v) is 4.59. The first-order valence-electron chi connectivity index (χ1n) is 10.1. The van der Waals surface area contributed by atoms with Crippen molar-refractivity contribution in [2.75, 3.05) is 34.5 Å². The SMILES string of the molecule is CCc1cc(C2OCC3C(c4cc(OC)c(O)c(OC)c4)OCC23)cc(OC)c1O. The number of fused-ring (bicyclic) bond motifs is 1. The Labute approximate surface area is 176 Å². The van der Waals surface area contributed by atoms with E-state index in [-0.39, 0.29) is 35.5 Å². The Kier molecular flexibility index (Phi) is 5.66. The van der Waals surface area contributed by atoms with Gasteiger partial charge in [-0.3, -0.25) is 0 Å². The van der Waals surface area contributed by atoms with E-state index >= 15 is 0 Å². The Hall–Kier alpha value is -2.64. The van der Waals surface area contributed by atoms with Crippen LogP contribution in [-0.4, -0.2) is 44.8 Å². The molecule has 2 aromatic rings. The summed E-state index contributed by atoms with van der Waals surface area (Å²) in [4.78, 5) is 0. The Bertz CT molecular complexity index is 800. The zero-order chi connectivity index (χ0) is 21.4. The van der Waals surface area contributed by atoms with Gasteiger partial charge in [-0.05, 0) is 47.4 Å². The molecule has 2 aliphatic rings. The first kappa shape index (κ1) is 20.6. The number of methoxy groups -OCH3 is 3. The van der Waals surface area contributed by atoms with Crippen molar-refractivity contribution >= 4 is 0 Å². The Morgan fingerprint density at radius 3 is 1.63 bits per heavy atom. The molecule has 2 aromatic carbocycles.